The fourth-order valence-electron chi connectivity index (χ4n) is 3.47. The molecular weight excluding hydrogens is 335 g/mol. The Labute approximate surface area is 157 Å². The minimum atomic E-state index is -0.787. The summed E-state index contributed by atoms with van der Waals surface area (Å²) >= 11 is 0. The zero-order valence-corrected chi connectivity index (χ0v) is 16.6. The van der Waals surface area contributed by atoms with Crippen LogP contribution in [0.25, 0.3) is 0 Å². The van der Waals surface area contributed by atoms with Gasteiger partial charge in [0.2, 0.25) is 5.91 Å². The van der Waals surface area contributed by atoms with Crippen molar-refractivity contribution in [3.8, 4) is 0 Å². The molecular formula is C18H33BN2O5. The highest BCUT2D eigenvalue weighted by Crippen LogP contribution is 2.36. The van der Waals surface area contributed by atoms with Gasteiger partial charge in [-0.1, -0.05) is 19.2 Å². The minimum absolute atomic E-state index is 0.0710. The molecule has 0 aromatic carbocycles. The second-order valence-corrected chi connectivity index (χ2v) is 8.29. The van der Waals surface area contributed by atoms with Crippen LogP contribution in [0.2, 0.25) is 6.32 Å². The zero-order chi connectivity index (χ0) is 19.9. The number of carbonyl (C=O) groups excluding carboxylic acids is 2. The molecule has 1 saturated carbocycles. The zero-order valence-electron chi connectivity index (χ0n) is 16.6. The maximum atomic E-state index is 12.2. The van der Waals surface area contributed by atoms with Crippen molar-refractivity contribution < 1.29 is 24.2 Å². The van der Waals surface area contributed by atoms with E-state index in [2.05, 4.69) is 18.5 Å². The van der Waals surface area contributed by atoms with E-state index in [1.165, 1.54) is 0 Å². The highest BCUT2D eigenvalue weighted by Gasteiger charge is 2.35. The van der Waals surface area contributed by atoms with Gasteiger partial charge >= 0.3 is 12.1 Å². The van der Waals surface area contributed by atoms with E-state index in [1.54, 1.807) is 27.7 Å². The molecule has 7 nitrogen and oxygen atoms in total. The van der Waals surface area contributed by atoms with Gasteiger partial charge in [0.25, 0.3) is 0 Å². The number of hydrogen-bond acceptors (Lipinski definition) is 4. The second kappa shape index (κ2) is 9.83. The average molecular weight is 368 g/mol. The number of hydrogen-bond donors (Lipinski definition) is 3. The highest BCUT2D eigenvalue weighted by atomic mass is 16.6. The molecule has 0 radical (unpaired) electrons. The minimum Gasteiger partial charge on any atom is -0.481 e. The maximum Gasteiger partial charge on any atom is 0.408 e. The van der Waals surface area contributed by atoms with Crippen molar-refractivity contribution in [2.24, 2.45) is 17.8 Å². The van der Waals surface area contributed by atoms with E-state index < -0.39 is 29.6 Å². The molecule has 0 saturated heterocycles. The summed E-state index contributed by atoms with van der Waals surface area (Å²) < 4.78 is 5.13. The van der Waals surface area contributed by atoms with Crippen LogP contribution >= 0.6 is 0 Å². The Bertz CT molecular complexity index is 506. The molecule has 8 heteroatoms. The third kappa shape index (κ3) is 7.66. The van der Waals surface area contributed by atoms with Crippen LogP contribution in [0.4, 0.5) is 4.79 Å². The Balaban J connectivity index is 2.49. The molecule has 0 aliphatic heterocycles. The maximum absolute atomic E-state index is 12.2. The predicted molar refractivity (Wildman–Crippen MR) is 102 cm³/mol. The molecule has 1 fully saturated rings. The number of ether oxygens (including phenoxy) is 1. The summed E-state index contributed by atoms with van der Waals surface area (Å²) in [5.41, 5.74) is -0.633. The molecule has 1 aliphatic carbocycles. The average Bonchev–Trinajstić information content (AvgIpc) is 2.51. The highest BCUT2D eigenvalue weighted by molar-refractivity contribution is 6.08. The molecule has 0 bridgehead atoms. The van der Waals surface area contributed by atoms with E-state index in [0.29, 0.717) is 18.9 Å². The smallest absolute Gasteiger partial charge is 0.408 e. The number of nitrogens with one attached hydrogen (secondary N) is 2. The van der Waals surface area contributed by atoms with E-state index in [9.17, 15) is 19.5 Å². The van der Waals surface area contributed by atoms with Crippen LogP contribution in [0, 0.1) is 17.8 Å². The molecule has 0 spiro atoms. The summed E-state index contributed by atoms with van der Waals surface area (Å²) in [6, 6.07) is -0.746. The molecule has 3 N–H and O–H groups in total. The van der Waals surface area contributed by atoms with Gasteiger partial charge in [0.05, 0.1) is 5.92 Å². The molecule has 1 aliphatic rings. The molecule has 2 amide bonds. The quantitative estimate of drug-likeness (QED) is 0.592. The van der Waals surface area contributed by atoms with Gasteiger partial charge in [0.1, 0.15) is 19.5 Å². The van der Waals surface area contributed by atoms with Gasteiger partial charge in [0, 0.05) is 6.54 Å². The SMILES string of the molecule is BCC[C@@H]1CC[C@@H](CNC(=O)[C@H](C)NC(=O)OC(C)(C)C)[C@@H](C(=O)O)C1. The number of rotatable bonds is 7. The van der Waals surface area contributed by atoms with Crippen LogP contribution in [0.15, 0.2) is 0 Å². The normalized spacial score (nSPS) is 24.4. The number of amides is 2. The Morgan fingerprint density at radius 3 is 2.46 bits per heavy atom. The first-order chi connectivity index (χ1) is 12.0. The molecule has 0 aromatic rings. The van der Waals surface area contributed by atoms with E-state index >= 15 is 0 Å². The van der Waals surface area contributed by atoms with Gasteiger partial charge in [-0.3, -0.25) is 9.59 Å². The lowest BCUT2D eigenvalue weighted by molar-refractivity contribution is -0.146. The number of carbonyl (C=O) groups is 3. The molecule has 4 atom stereocenters. The Morgan fingerprint density at radius 2 is 1.92 bits per heavy atom. The molecule has 26 heavy (non-hydrogen) atoms. The van der Waals surface area contributed by atoms with Crippen molar-refractivity contribution in [2.75, 3.05) is 6.54 Å². The largest absolute Gasteiger partial charge is 0.481 e. The van der Waals surface area contributed by atoms with Crippen LogP contribution < -0.4 is 10.6 Å². The van der Waals surface area contributed by atoms with Crippen molar-refractivity contribution >= 4 is 25.8 Å². The van der Waals surface area contributed by atoms with E-state index in [0.717, 1.165) is 25.6 Å². The van der Waals surface area contributed by atoms with E-state index in [-0.39, 0.29) is 11.8 Å². The molecule has 1 rings (SSSR count). The van der Waals surface area contributed by atoms with E-state index in [1.807, 2.05) is 0 Å². The van der Waals surface area contributed by atoms with Crippen molar-refractivity contribution in [3.63, 3.8) is 0 Å². The van der Waals surface area contributed by atoms with Gasteiger partial charge in [-0.05, 0) is 52.4 Å². The fraction of sp³-hybridized carbons (Fsp3) is 0.833. The van der Waals surface area contributed by atoms with Gasteiger partial charge in [0.15, 0.2) is 0 Å². The first-order valence-corrected chi connectivity index (χ1v) is 9.53. The lowest BCUT2D eigenvalue weighted by atomic mass is 9.71. The molecule has 0 heterocycles. The van der Waals surface area contributed by atoms with Crippen LogP contribution in [0.5, 0.6) is 0 Å². The number of aliphatic carboxylic acids is 1. The Hall–Kier alpha value is -1.73. The summed E-state index contributed by atoms with van der Waals surface area (Å²) in [5, 5.41) is 14.8. The van der Waals surface area contributed by atoms with Crippen LogP contribution in [-0.4, -0.2) is 49.1 Å². The van der Waals surface area contributed by atoms with Crippen molar-refractivity contribution in [1.29, 1.82) is 0 Å². The predicted octanol–water partition coefficient (Wildman–Crippen LogP) is 1.57. The van der Waals surface area contributed by atoms with Crippen molar-refractivity contribution in [2.45, 2.75) is 71.3 Å². The first-order valence-electron chi connectivity index (χ1n) is 9.53. The summed E-state index contributed by atoms with van der Waals surface area (Å²) in [5.74, 6) is -1.16. The van der Waals surface area contributed by atoms with Crippen molar-refractivity contribution in [1.82, 2.24) is 10.6 Å². The third-order valence-corrected chi connectivity index (χ3v) is 4.78. The van der Waals surface area contributed by atoms with Crippen molar-refractivity contribution in [3.05, 3.63) is 0 Å². The molecule has 148 valence electrons. The summed E-state index contributed by atoms with van der Waals surface area (Å²) in [4.78, 5) is 35.5. The Morgan fingerprint density at radius 1 is 1.27 bits per heavy atom. The van der Waals surface area contributed by atoms with Gasteiger partial charge in [-0.25, -0.2) is 4.79 Å². The summed E-state index contributed by atoms with van der Waals surface area (Å²) in [6.45, 7) is 7.13. The fourth-order valence-corrected chi connectivity index (χ4v) is 3.47. The number of carboxylic acids is 1. The lowest BCUT2D eigenvalue weighted by Gasteiger charge is -2.34. The standard InChI is InChI=1S/C18H33BN2O5/c1-11(21-17(25)26-18(2,3)4)15(22)20-10-13-6-5-12(7-8-19)9-14(13)16(23)24/h11-14H,5-10,19H2,1-4H3,(H,20,22)(H,21,25)(H,23,24)/t11-,12-,13-,14-/m0/s1. The second-order valence-electron chi connectivity index (χ2n) is 8.29. The van der Waals surface area contributed by atoms with E-state index in [4.69, 9.17) is 4.74 Å². The molecule has 0 unspecified atom stereocenters. The van der Waals surface area contributed by atoms with Gasteiger partial charge in [-0.2, -0.15) is 0 Å². The Kier molecular flexibility index (Phi) is 8.44. The van der Waals surface area contributed by atoms with Gasteiger partial charge in [-0.15, -0.1) is 0 Å². The van der Waals surface area contributed by atoms with Crippen LogP contribution in [0.1, 0.15) is 53.4 Å². The van der Waals surface area contributed by atoms with Crippen LogP contribution in [-0.2, 0) is 14.3 Å². The monoisotopic (exact) mass is 368 g/mol. The number of carboxylic acid groups (broad SMARTS) is 1. The summed E-state index contributed by atoms with van der Waals surface area (Å²) in [7, 11) is 2.11. The lowest BCUT2D eigenvalue weighted by Crippen LogP contribution is -2.48. The third-order valence-electron chi connectivity index (χ3n) is 4.78. The van der Waals surface area contributed by atoms with Gasteiger partial charge < -0.3 is 20.5 Å². The molecule has 0 aromatic heterocycles. The first kappa shape index (κ1) is 22.3. The topological polar surface area (TPSA) is 105 Å². The van der Waals surface area contributed by atoms with Crippen LogP contribution in [0.3, 0.4) is 0 Å². The summed E-state index contributed by atoms with van der Waals surface area (Å²) in [6.07, 6.45) is 3.95. The number of alkyl carbamates (subject to hydrolysis) is 1.